The molecule has 4 heteroatoms. The number of anilines is 2. The number of rotatable bonds is 2. The van der Waals surface area contributed by atoms with Crippen molar-refractivity contribution in [2.75, 3.05) is 10.2 Å². The van der Waals surface area contributed by atoms with Gasteiger partial charge in [0.15, 0.2) is 0 Å². The van der Waals surface area contributed by atoms with E-state index in [1.54, 1.807) is 4.90 Å². The van der Waals surface area contributed by atoms with E-state index in [0.717, 1.165) is 5.69 Å². The molecule has 24 heavy (non-hydrogen) atoms. The third-order valence-electron chi connectivity index (χ3n) is 3.56. The van der Waals surface area contributed by atoms with E-state index in [4.69, 9.17) is 0 Å². The topological polar surface area (TPSA) is 49.4 Å². The lowest BCUT2D eigenvalue weighted by atomic mass is 9.91. The molecule has 1 aromatic rings. The molecule has 0 saturated heterocycles. The Bertz CT molecular complexity index is 614. The van der Waals surface area contributed by atoms with E-state index in [2.05, 4.69) is 5.32 Å². The van der Waals surface area contributed by atoms with Gasteiger partial charge in [-0.3, -0.25) is 9.59 Å². The predicted octanol–water partition coefficient (Wildman–Crippen LogP) is 4.85. The summed E-state index contributed by atoms with van der Waals surface area (Å²) in [6.07, 6.45) is 0. The number of amides is 2. The van der Waals surface area contributed by atoms with Crippen LogP contribution in [-0.2, 0) is 9.59 Å². The van der Waals surface area contributed by atoms with E-state index in [9.17, 15) is 9.59 Å². The minimum atomic E-state index is -0.488. The predicted molar refractivity (Wildman–Crippen MR) is 101 cm³/mol. The highest BCUT2D eigenvalue weighted by Crippen LogP contribution is 2.31. The second-order valence-corrected chi connectivity index (χ2v) is 9.32. The zero-order chi connectivity index (χ0) is 18.9. The normalized spacial score (nSPS) is 12.7. The van der Waals surface area contributed by atoms with Crippen LogP contribution in [0.3, 0.4) is 0 Å². The summed E-state index contributed by atoms with van der Waals surface area (Å²) in [4.78, 5) is 27.0. The van der Waals surface area contributed by atoms with Gasteiger partial charge in [0.2, 0.25) is 11.8 Å². The number of carbonyl (C=O) groups excluding carboxylic acids is 2. The van der Waals surface area contributed by atoms with Gasteiger partial charge in [0.05, 0.1) is 0 Å². The quantitative estimate of drug-likeness (QED) is 0.841. The molecule has 0 heterocycles. The fraction of sp³-hybridized carbons (Fsp3) is 0.600. The van der Waals surface area contributed by atoms with Crippen LogP contribution in [0.4, 0.5) is 11.4 Å². The van der Waals surface area contributed by atoms with Crippen LogP contribution in [0.5, 0.6) is 0 Å². The number of hydrogen-bond donors (Lipinski definition) is 1. The highest BCUT2D eigenvalue weighted by molar-refractivity contribution is 5.99. The summed E-state index contributed by atoms with van der Waals surface area (Å²) < 4.78 is 0. The van der Waals surface area contributed by atoms with Crippen molar-refractivity contribution in [3.8, 4) is 0 Å². The summed E-state index contributed by atoms with van der Waals surface area (Å²) in [6, 6.07) is 7.47. The van der Waals surface area contributed by atoms with Gasteiger partial charge in [-0.15, -0.1) is 0 Å². The van der Waals surface area contributed by atoms with Crippen LogP contribution < -0.4 is 10.2 Å². The SMILES string of the molecule is CC(C)(C)C(=O)Nc1cccc(N(C(=O)C(C)(C)C)C(C)(C)C)c1. The largest absolute Gasteiger partial charge is 0.326 e. The van der Waals surface area contributed by atoms with Crippen LogP contribution in [0, 0.1) is 10.8 Å². The molecule has 0 atom stereocenters. The van der Waals surface area contributed by atoms with Gasteiger partial charge in [0.1, 0.15) is 0 Å². The highest BCUT2D eigenvalue weighted by Gasteiger charge is 2.35. The zero-order valence-electron chi connectivity index (χ0n) is 16.6. The maximum Gasteiger partial charge on any atom is 0.232 e. The van der Waals surface area contributed by atoms with Crippen LogP contribution in [0.25, 0.3) is 0 Å². The van der Waals surface area contributed by atoms with Gasteiger partial charge in [-0.05, 0) is 39.0 Å². The third-order valence-corrected chi connectivity index (χ3v) is 3.56. The van der Waals surface area contributed by atoms with Crippen molar-refractivity contribution >= 4 is 23.2 Å². The molecule has 0 saturated carbocycles. The van der Waals surface area contributed by atoms with Crippen molar-refractivity contribution in [2.45, 2.75) is 67.9 Å². The average Bonchev–Trinajstić information content (AvgIpc) is 2.35. The Kier molecular flexibility index (Phi) is 5.54. The van der Waals surface area contributed by atoms with Crippen molar-refractivity contribution in [3.63, 3.8) is 0 Å². The Labute approximate surface area is 146 Å². The molecule has 134 valence electrons. The van der Waals surface area contributed by atoms with Crippen molar-refractivity contribution < 1.29 is 9.59 Å². The van der Waals surface area contributed by atoms with Gasteiger partial charge in [0, 0.05) is 27.7 Å². The second kappa shape index (κ2) is 6.58. The zero-order valence-corrected chi connectivity index (χ0v) is 16.6. The smallest absolute Gasteiger partial charge is 0.232 e. The Hall–Kier alpha value is -1.84. The minimum Gasteiger partial charge on any atom is -0.326 e. The molecule has 4 nitrogen and oxygen atoms in total. The summed E-state index contributed by atoms with van der Waals surface area (Å²) in [5.74, 6) is -0.00148. The van der Waals surface area contributed by atoms with E-state index in [0.29, 0.717) is 5.69 Å². The molecule has 0 aliphatic carbocycles. The van der Waals surface area contributed by atoms with Gasteiger partial charge in [-0.25, -0.2) is 0 Å². The van der Waals surface area contributed by atoms with E-state index in [1.807, 2.05) is 86.6 Å². The van der Waals surface area contributed by atoms with E-state index in [1.165, 1.54) is 0 Å². The van der Waals surface area contributed by atoms with Gasteiger partial charge < -0.3 is 10.2 Å². The first-order valence-corrected chi connectivity index (χ1v) is 8.40. The molecule has 0 unspecified atom stereocenters. The summed E-state index contributed by atoms with van der Waals surface area (Å²) in [7, 11) is 0. The number of benzene rings is 1. The first-order chi connectivity index (χ1) is 10.6. The summed E-state index contributed by atoms with van der Waals surface area (Å²) in [6.45, 7) is 17.4. The average molecular weight is 332 g/mol. The number of carbonyl (C=O) groups is 2. The summed E-state index contributed by atoms with van der Waals surface area (Å²) in [5.41, 5.74) is 0.160. The number of nitrogens with zero attached hydrogens (tertiary/aromatic N) is 1. The first kappa shape index (κ1) is 20.2. The van der Waals surface area contributed by atoms with Crippen molar-refractivity contribution in [3.05, 3.63) is 24.3 Å². The third kappa shape index (κ3) is 5.08. The fourth-order valence-electron chi connectivity index (χ4n) is 2.19. The van der Waals surface area contributed by atoms with Gasteiger partial charge in [-0.1, -0.05) is 47.6 Å². The molecule has 0 spiro atoms. The van der Waals surface area contributed by atoms with Gasteiger partial charge in [-0.2, -0.15) is 0 Å². The Balaban J connectivity index is 3.25. The standard InChI is InChI=1S/C20H32N2O2/c1-18(2,3)16(23)21-14-11-10-12-15(13-14)22(20(7,8)9)17(24)19(4,5)6/h10-13H,1-9H3,(H,21,23). The lowest BCUT2D eigenvalue weighted by Crippen LogP contribution is -2.50. The second-order valence-electron chi connectivity index (χ2n) is 9.32. The lowest BCUT2D eigenvalue weighted by Gasteiger charge is -2.39. The van der Waals surface area contributed by atoms with Crippen molar-refractivity contribution in [2.24, 2.45) is 10.8 Å². The first-order valence-electron chi connectivity index (χ1n) is 8.40. The van der Waals surface area contributed by atoms with Crippen LogP contribution >= 0.6 is 0 Å². The van der Waals surface area contributed by atoms with Gasteiger partial charge in [0.25, 0.3) is 0 Å². The van der Waals surface area contributed by atoms with Crippen LogP contribution in [0.2, 0.25) is 0 Å². The molecule has 1 aromatic carbocycles. The molecule has 0 radical (unpaired) electrons. The minimum absolute atomic E-state index is 0.0503. The van der Waals surface area contributed by atoms with E-state index >= 15 is 0 Å². The van der Waals surface area contributed by atoms with Crippen molar-refractivity contribution in [1.29, 1.82) is 0 Å². The highest BCUT2D eigenvalue weighted by atomic mass is 16.2. The number of hydrogen-bond acceptors (Lipinski definition) is 2. The Morgan fingerprint density at radius 2 is 1.42 bits per heavy atom. The Morgan fingerprint density at radius 3 is 1.83 bits per heavy atom. The van der Waals surface area contributed by atoms with Crippen LogP contribution in [0.1, 0.15) is 62.3 Å². The summed E-state index contributed by atoms with van der Waals surface area (Å²) >= 11 is 0. The lowest BCUT2D eigenvalue weighted by molar-refractivity contribution is -0.126. The maximum atomic E-state index is 12.9. The summed E-state index contributed by atoms with van der Waals surface area (Å²) in [5, 5.41) is 2.93. The van der Waals surface area contributed by atoms with E-state index in [-0.39, 0.29) is 17.4 Å². The molecule has 2 amide bonds. The Morgan fingerprint density at radius 1 is 0.875 bits per heavy atom. The molecular weight excluding hydrogens is 300 g/mol. The molecule has 1 N–H and O–H groups in total. The number of nitrogens with one attached hydrogen (secondary N) is 1. The van der Waals surface area contributed by atoms with Crippen LogP contribution in [-0.4, -0.2) is 17.4 Å². The molecule has 1 rings (SSSR count). The van der Waals surface area contributed by atoms with Gasteiger partial charge >= 0.3 is 0 Å². The molecular formula is C20H32N2O2. The van der Waals surface area contributed by atoms with E-state index < -0.39 is 10.8 Å². The molecule has 0 aromatic heterocycles. The van der Waals surface area contributed by atoms with Crippen molar-refractivity contribution in [1.82, 2.24) is 0 Å². The monoisotopic (exact) mass is 332 g/mol. The maximum absolute atomic E-state index is 12.9. The molecule has 0 bridgehead atoms. The molecule has 0 fully saturated rings. The molecule has 0 aliphatic heterocycles. The fourth-order valence-corrected chi connectivity index (χ4v) is 2.19. The molecule has 0 aliphatic rings. The van der Waals surface area contributed by atoms with Crippen LogP contribution in [0.15, 0.2) is 24.3 Å².